The van der Waals surface area contributed by atoms with E-state index in [2.05, 4.69) is 15.0 Å². The highest BCUT2D eigenvalue weighted by Crippen LogP contribution is 2.22. The molecule has 1 N–H and O–H groups in total. The molecule has 6 aromatic rings. The maximum atomic E-state index is 11.7. The smallest absolute Gasteiger partial charge is 0.349 e. The van der Waals surface area contributed by atoms with Crippen LogP contribution in [0.15, 0.2) is 92.2 Å². The normalized spacial score (nSPS) is 11.8. The highest BCUT2D eigenvalue weighted by atomic mass is 16.6. The number of pyridine rings is 3. The minimum Gasteiger partial charge on any atom is -0.485 e. The van der Waals surface area contributed by atoms with Gasteiger partial charge in [0.05, 0.1) is 19.8 Å². The first-order valence-corrected chi connectivity index (χ1v) is 15.9. The van der Waals surface area contributed by atoms with Crippen LogP contribution in [0.25, 0.3) is 16.9 Å². The van der Waals surface area contributed by atoms with E-state index in [0.29, 0.717) is 24.7 Å². The first-order valence-electron chi connectivity index (χ1n) is 15.9. The number of carbonyl (C=O) groups excluding carboxylic acids is 1. The summed E-state index contributed by atoms with van der Waals surface area (Å²) >= 11 is 0. The second-order valence-electron chi connectivity index (χ2n) is 12.8. The van der Waals surface area contributed by atoms with Gasteiger partial charge in [-0.3, -0.25) is 0 Å². The Morgan fingerprint density at radius 2 is 1.08 bits per heavy atom. The van der Waals surface area contributed by atoms with E-state index < -0.39 is 11.2 Å². The molecule has 6 aromatic heterocycles. The Kier molecular flexibility index (Phi) is 11.9. The molecule has 262 valence electrons. The molecule has 0 amide bonds. The van der Waals surface area contributed by atoms with Crippen molar-refractivity contribution in [3.05, 3.63) is 92.2 Å². The average molecular weight is 675 g/mol. The zero-order valence-electron chi connectivity index (χ0n) is 29.4. The summed E-state index contributed by atoms with van der Waals surface area (Å²) in [5, 5.41) is 9.08. The fourth-order valence-electron chi connectivity index (χ4n) is 4.55. The number of esters is 1. The summed E-state index contributed by atoms with van der Waals surface area (Å²) in [5.74, 6) is 1.73. The summed E-state index contributed by atoms with van der Waals surface area (Å²) in [4.78, 5) is 24.2. The molecule has 0 atom stereocenters. The van der Waals surface area contributed by atoms with Crippen molar-refractivity contribution >= 4 is 22.9 Å². The molecule has 0 unspecified atom stereocenters. The monoisotopic (exact) mass is 674 g/mol. The predicted octanol–water partition coefficient (Wildman–Crippen LogP) is 5.68. The van der Waals surface area contributed by atoms with Gasteiger partial charge in [-0.2, -0.15) is 0 Å². The van der Waals surface area contributed by atoms with Crippen molar-refractivity contribution in [1.82, 2.24) is 28.2 Å². The van der Waals surface area contributed by atoms with Crippen LogP contribution in [-0.4, -0.2) is 83.0 Å². The van der Waals surface area contributed by atoms with Crippen molar-refractivity contribution in [2.24, 2.45) is 0 Å². The van der Waals surface area contributed by atoms with Crippen molar-refractivity contribution in [3.8, 4) is 17.2 Å². The van der Waals surface area contributed by atoms with E-state index in [1.807, 2.05) is 102 Å². The van der Waals surface area contributed by atoms with E-state index >= 15 is 0 Å². The Morgan fingerprint density at radius 3 is 1.47 bits per heavy atom. The lowest BCUT2D eigenvalue weighted by molar-refractivity contribution is -0.158. The minimum atomic E-state index is -1.01. The maximum absolute atomic E-state index is 11.7. The lowest BCUT2D eigenvalue weighted by Gasteiger charge is -2.25. The van der Waals surface area contributed by atoms with E-state index in [0.717, 1.165) is 22.7 Å². The van der Waals surface area contributed by atoms with Gasteiger partial charge < -0.3 is 42.0 Å². The van der Waals surface area contributed by atoms with Crippen molar-refractivity contribution in [2.45, 2.75) is 65.3 Å². The van der Waals surface area contributed by atoms with Gasteiger partial charge in [0.1, 0.15) is 45.4 Å². The summed E-state index contributed by atoms with van der Waals surface area (Å²) in [7, 11) is 1.67. The van der Waals surface area contributed by atoms with Crippen LogP contribution < -0.4 is 14.2 Å². The number of aromatic nitrogens is 6. The van der Waals surface area contributed by atoms with E-state index in [9.17, 15) is 4.79 Å². The third-order valence-electron chi connectivity index (χ3n) is 6.91. The number of hydrogen-bond acceptors (Lipinski definition) is 10. The largest absolute Gasteiger partial charge is 0.485 e. The lowest BCUT2D eigenvalue weighted by Crippen LogP contribution is -2.39. The number of aliphatic hydroxyl groups excluding tert-OH is 1. The Bertz CT molecular complexity index is 1940. The SMILES string of the molecule is CC(C)(CO)Oc1ccn2ccnc2c1.CCOC(=O)C(C)(C)Oc1ccn2ccnc2c1.COCC(C)(C)Oc1ccn2ccnc2c1. The number of imidazole rings is 3. The van der Waals surface area contributed by atoms with Crippen molar-refractivity contribution in [2.75, 3.05) is 26.9 Å². The van der Waals surface area contributed by atoms with Crippen LogP contribution in [0.2, 0.25) is 0 Å². The van der Waals surface area contributed by atoms with Gasteiger partial charge in [-0.25, -0.2) is 19.7 Å². The van der Waals surface area contributed by atoms with Crippen LogP contribution in [0.5, 0.6) is 17.2 Å². The van der Waals surface area contributed by atoms with Gasteiger partial charge in [0.15, 0.2) is 5.60 Å². The molecule has 0 radical (unpaired) electrons. The van der Waals surface area contributed by atoms with Gasteiger partial charge in [0.2, 0.25) is 0 Å². The summed E-state index contributed by atoms with van der Waals surface area (Å²) in [5.41, 5.74) is 0.574. The summed E-state index contributed by atoms with van der Waals surface area (Å²) in [6.07, 6.45) is 16.5. The van der Waals surface area contributed by atoms with E-state index in [1.165, 1.54) is 0 Å². The average Bonchev–Trinajstić information content (AvgIpc) is 3.82. The van der Waals surface area contributed by atoms with Gasteiger partial charge in [-0.1, -0.05) is 0 Å². The number of nitrogens with zero attached hydrogens (tertiary/aromatic N) is 6. The van der Waals surface area contributed by atoms with Crippen LogP contribution in [0.1, 0.15) is 48.5 Å². The Balaban J connectivity index is 0.000000166. The third kappa shape index (κ3) is 10.4. The molecule has 0 spiro atoms. The predicted molar refractivity (Wildman–Crippen MR) is 185 cm³/mol. The molecular formula is C36H46N6O7. The molecule has 6 rings (SSSR count). The van der Waals surface area contributed by atoms with Crippen molar-refractivity contribution < 1.29 is 33.6 Å². The number of methoxy groups -OCH3 is 1. The molecular weight excluding hydrogens is 628 g/mol. The number of ether oxygens (including phenoxy) is 5. The second kappa shape index (κ2) is 15.8. The third-order valence-corrected chi connectivity index (χ3v) is 6.91. The zero-order valence-corrected chi connectivity index (χ0v) is 29.4. The molecule has 49 heavy (non-hydrogen) atoms. The fraction of sp³-hybridized carbons (Fsp3) is 0.389. The van der Waals surface area contributed by atoms with E-state index in [-0.39, 0.29) is 18.2 Å². The molecule has 0 aliphatic carbocycles. The maximum Gasteiger partial charge on any atom is 0.349 e. The molecule has 0 aliphatic rings. The van der Waals surface area contributed by atoms with Gasteiger partial charge in [-0.05, 0) is 66.7 Å². The molecule has 0 fully saturated rings. The number of aliphatic hydroxyl groups is 1. The molecule has 0 aliphatic heterocycles. The Hall–Kier alpha value is -5.14. The molecule has 0 bridgehead atoms. The highest BCUT2D eigenvalue weighted by Gasteiger charge is 2.31. The van der Waals surface area contributed by atoms with Crippen LogP contribution in [0.4, 0.5) is 0 Å². The summed E-state index contributed by atoms with van der Waals surface area (Å²) in [6.45, 7) is 13.7. The Labute approximate surface area is 286 Å². The highest BCUT2D eigenvalue weighted by molar-refractivity contribution is 5.79. The van der Waals surface area contributed by atoms with Gasteiger partial charge >= 0.3 is 5.97 Å². The minimum absolute atomic E-state index is 0.0212. The summed E-state index contributed by atoms with van der Waals surface area (Å²) in [6, 6.07) is 11.1. The topological polar surface area (TPSA) is 135 Å². The van der Waals surface area contributed by atoms with Crippen molar-refractivity contribution in [1.29, 1.82) is 0 Å². The first kappa shape index (κ1) is 36.7. The first-order chi connectivity index (χ1) is 23.2. The molecule has 0 saturated heterocycles. The molecule has 13 nitrogen and oxygen atoms in total. The van der Waals surface area contributed by atoms with Crippen LogP contribution >= 0.6 is 0 Å². The van der Waals surface area contributed by atoms with Crippen LogP contribution in [0.3, 0.4) is 0 Å². The van der Waals surface area contributed by atoms with Crippen molar-refractivity contribution in [3.63, 3.8) is 0 Å². The standard InChI is InChI=1S/C13H16N2O3.C12H16N2O2.C11H14N2O2/c1-4-17-12(16)13(2,3)18-10-5-7-15-8-6-14-11(15)9-10;1-12(2,9-15-3)16-10-4-6-14-7-5-13-11(14)8-10;1-11(2,8-14)15-9-3-5-13-6-4-12-10(13)7-9/h5-9H,4H2,1-3H3;4-8H,9H2,1-3H3;3-7,14H,8H2,1-2H3. The number of carbonyl (C=O) groups is 1. The van der Waals surface area contributed by atoms with Gasteiger partial charge in [0.25, 0.3) is 0 Å². The lowest BCUT2D eigenvalue weighted by atomic mass is 10.1. The van der Waals surface area contributed by atoms with Gasteiger partial charge in [0, 0.05) is 81.1 Å². The van der Waals surface area contributed by atoms with E-state index in [4.69, 9.17) is 28.8 Å². The molecule has 13 heteroatoms. The number of rotatable bonds is 11. The molecule has 0 aromatic carbocycles. The molecule has 0 saturated carbocycles. The van der Waals surface area contributed by atoms with Gasteiger partial charge in [-0.15, -0.1) is 0 Å². The fourth-order valence-corrected chi connectivity index (χ4v) is 4.55. The van der Waals surface area contributed by atoms with E-state index in [1.54, 1.807) is 58.6 Å². The quantitative estimate of drug-likeness (QED) is 0.171. The zero-order chi connectivity index (χ0) is 35.7. The summed E-state index contributed by atoms with van der Waals surface area (Å²) < 4.78 is 32.9. The molecule has 6 heterocycles. The number of hydrogen-bond donors (Lipinski definition) is 1. The second-order valence-corrected chi connectivity index (χ2v) is 12.8. The van der Waals surface area contributed by atoms with Crippen LogP contribution in [0, 0.1) is 0 Å². The Morgan fingerprint density at radius 1 is 0.673 bits per heavy atom. The van der Waals surface area contributed by atoms with Crippen LogP contribution in [-0.2, 0) is 14.3 Å². The number of fused-ring (bicyclic) bond motifs is 3.